The summed E-state index contributed by atoms with van der Waals surface area (Å²) in [6, 6.07) is 0. The van der Waals surface area contributed by atoms with E-state index < -0.39 is 7.60 Å². The van der Waals surface area contributed by atoms with Crippen LogP contribution >= 0.6 is 19.8 Å². The maximum atomic E-state index is 12.1. The van der Waals surface area contributed by atoms with Gasteiger partial charge in [-0.15, -0.1) is 0 Å². The lowest BCUT2D eigenvalue weighted by atomic mass is 10.8. The molecule has 0 aliphatic carbocycles. The lowest BCUT2D eigenvalue weighted by Crippen LogP contribution is -2.09. The Balaban J connectivity index is 2.60. The van der Waals surface area contributed by atoms with E-state index in [1.807, 2.05) is 0 Å². The molecular formula is C7H15N4O3PS. The number of hydrogen-bond donors (Lipinski definition) is 1. The van der Waals surface area contributed by atoms with E-state index in [0.29, 0.717) is 24.5 Å². The van der Waals surface area contributed by atoms with Crippen molar-refractivity contribution in [2.75, 3.05) is 19.4 Å². The Bertz CT molecular complexity index is 408. The summed E-state index contributed by atoms with van der Waals surface area (Å²) in [5.74, 6) is 0. The van der Waals surface area contributed by atoms with E-state index >= 15 is 0 Å². The van der Waals surface area contributed by atoms with Crippen LogP contribution in [-0.2, 0) is 20.2 Å². The second kappa shape index (κ2) is 6.24. The second-order valence-electron chi connectivity index (χ2n) is 2.90. The zero-order valence-electron chi connectivity index (χ0n) is 9.25. The molecule has 0 amide bonds. The fourth-order valence-electron chi connectivity index (χ4n) is 1.14. The smallest absolute Gasteiger partial charge is 0.309 e. The molecule has 0 fully saturated rings. The van der Waals surface area contributed by atoms with Crippen LogP contribution in [0.15, 0.2) is 0 Å². The molecule has 0 aliphatic rings. The normalized spacial score (nSPS) is 11.9. The van der Waals surface area contributed by atoms with Crippen molar-refractivity contribution in [3.63, 3.8) is 0 Å². The first-order valence-corrected chi connectivity index (χ1v) is 7.11. The van der Waals surface area contributed by atoms with E-state index in [0.717, 1.165) is 0 Å². The number of hydrogen-bond acceptors (Lipinski definition) is 6. The minimum absolute atomic E-state index is 0.243. The van der Waals surface area contributed by atoms with Gasteiger partial charge in [-0.3, -0.25) is 4.57 Å². The highest BCUT2D eigenvalue weighted by Gasteiger charge is 2.23. The van der Waals surface area contributed by atoms with Crippen molar-refractivity contribution >= 4 is 19.8 Å². The fraction of sp³-hybridized carbons (Fsp3) is 0.857. The first-order valence-electron chi connectivity index (χ1n) is 4.97. The zero-order valence-corrected chi connectivity index (χ0v) is 11.0. The molecule has 9 heteroatoms. The van der Waals surface area contributed by atoms with E-state index in [4.69, 9.17) is 21.3 Å². The molecule has 0 aliphatic heterocycles. The molecule has 0 radical (unpaired) electrons. The summed E-state index contributed by atoms with van der Waals surface area (Å²) in [5.41, 5.74) is 0. The zero-order chi connectivity index (χ0) is 12.0. The third-order valence-electron chi connectivity index (χ3n) is 1.78. The quantitative estimate of drug-likeness (QED) is 0.596. The number of H-pyrrole nitrogens is 1. The van der Waals surface area contributed by atoms with Gasteiger partial charge in [0.15, 0.2) is 0 Å². The summed E-state index contributed by atoms with van der Waals surface area (Å²) >= 11 is 4.89. The minimum Gasteiger partial charge on any atom is -0.309 e. The van der Waals surface area contributed by atoms with Gasteiger partial charge in [-0.2, -0.15) is 5.21 Å². The Morgan fingerprint density at radius 3 is 2.50 bits per heavy atom. The van der Waals surface area contributed by atoms with E-state index in [9.17, 15) is 4.57 Å². The molecule has 0 spiro atoms. The minimum atomic E-state index is -3.02. The standard InChI is InChI=1S/C7H15N4O3PS/c1-3-13-15(12,14-4-2)6-5-11-7(16)8-9-10-11/h3-6H2,1-2H3,(H,8,10,16). The molecule has 16 heavy (non-hydrogen) atoms. The van der Waals surface area contributed by atoms with E-state index in [1.165, 1.54) is 4.68 Å². The SMILES string of the molecule is CCOP(=O)(CCn1[nH]nnc1=S)OCC. The molecule has 7 nitrogen and oxygen atoms in total. The van der Waals surface area contributed by atoms with Crippen LogP contribution in [0.2, 0.25) is 0 Å². The molecule has 1 heterocycles. The summed E-state index contributed by atoms with van der Waals surface area (Å²) in [4.78, 5) is 0. The van der Waals surface area contributed by atoms with Gasteiger partial charge in [-0.1, -0.05) is 10.3 Å². The Morgan fingerprint density at radius 2 is 2.06 bits per heavy atom. The third-order valence-corrected chi connectivity index (χ3v) is 4.13. The number of rotatable bonds is 7. The van der Waals surface area contributed by atoms with E-state index in [1.54, 1.807) is 13.8 Å². The summed E-state index contributed by atoms with van der Waals surface area (Å²) < 4.78 is 24.2. The summed E-state index contributed by atoms with van der Waals surface area (Å²) in [6.07, 6.45) is 0.243. The molecule has 0 atom stereocenters. The van der Waals surface area contributed by atoms with Gasteiger partial charge in [-0.05, 0) is 26.1 Å². The number of nitrogens with zero attached hydrogens (tertiary/aromatic N) is 3. The molecule has 0 aromatic carbocycles. The predicted molar refractivity (Wildman–Crippen MR) is 60.9 cm³/mol. The second-order valence-corrected chi connectivity index (χ2v) is 5.45. The fourth-order valence-corrected chi connectivity index (χ4v) is 2.88. The monoisotopic (exact) mass is 266 g/mol. The number of nitrogens with one attached hydrogen (secondary N) is 1. The highest BCUT2D eigenvalue weighted by atomic mass is 32.1. The average molecular weight is 266 g/mol. The van der Waals surface area contributed by atoms with Gasteiger partial charge in [0.25, 0.3) is 0 Å². The van der Waals surface area contributed by atoms with Crippen LogP contribution < -0.4 is 0 Å². The topological polar surface area (TPSA) is 82.0 Å². The van der Waals surface area contributed by atoms with Crippen molar-refractivity contribution in [3.05, 3.63) is 4.77 Å². The summed E-state index contributed by atoms with van der Waals surface area (Å²) in [7, 11) is -3.02. The maximum absolute atomic E-state index is 12.1. The van der Waals surface area contributed by atoms with Crippen LogP contribution in [0.4, 0.5) is 0 Å². The van der Waals surface area contributed by atoms with E-state index in [2.05, 4.69) is 15.5 Å². The molecule has 92 valence electrons. The number of aromatic nitrogens is 4. The molecule has 1 aromatic heterocycles. The van der Waals surface area contributed by atoms with Crippen molar-refractivity contribution in [2.24, 2.45) is 0 Å². The maximum Gasteiger partial charge on any atom is 0.332 e. The first-order chi connectivity index (χ1) is 7.61. The Kier molecular flexibility index (Phi) is 5.27. The highest BCUT2D eigenvalue weighted by molar-refractivity contribution is 7.71. The lowest BCUT2D eigenvalue weighted by Gasteiger charge is -2.16. The van der Waals surface area contributed by atoms with Crippen LogP contribution in [0.3, 0.4) is 0 Å². The van der Waals surface area contributed by atoms with E-state index in [-0.39, 0.29) is 6.16 Å². The summed E-state index contributed by atoms with van der Waals surface area (Å²) in [6.45, 7) is 4.63. The van der Waals surface area contributed by atoms with Crippen LogP contribution in [0, 0.1) is 4.77 Å². The van der Waals surface area contributed by atoms with Crippen molar-refractivity contribution in [3.8, 4) is 0 Å². The van der Waals surface area contributed by atoms with Crippen LogP contribution in [0.1, 0.15) is 13.8 Å². The molecule has 1 aromatic rings. The highest BCUT2D eigenvalue weighted by Crippen LogP contribution is 2.47. The number of aromatic amines is 1. The van der Waals surface area contributed by atoms with Gasteiger partial charge in [0.1, 0.15) is 0 Å². The van der Waals surface area contributed by atoms with Crippen molar-refractivity contribution in [1.29, 1.82) is 0 Å². The molecule has 0 saturated carbocycles. The average Bonchev–Trinajstić information content (AvgIpc) is 2.62. The van der Waals surface area contributed by atoms with Crippen molar-refractivity contribution in [1.82, 2.24) is 20.2 Å². The molecule has 1 N–H and O–H groups in total. The van der Waals surface area contributed by atoms with Gasteiger partial charge in [0.2, 0.25) is 4.77 Å². The Morgan fingerprint density at radius 1 is 1.44 bits per heavy atom. The van der Waals surface area contributed by atoms with Gasteiger partial charge in [0, 0.05) is 0 Å². The van der Waals surface area contributed by atoms with Gasteiger partial charge < -0.3 is 9.05 Å². The Hall–Kier alpha value is -0.560. The number of tetrazole rings is 1. The largest absolute Gasteiger partial charge is 0.332 e. The van der Waals surface area contributed by atoms with Crippen LogP contribution in [0.5, 0.6) is 0 Å². The molecule has 0 saturated heterocycles. The summed E-state index contributed by atoms with van der Waals surface area (Å²) in [5, 5.41) is 9.72. The predicted octanol–water partition coefficient (Wildman–Crippen LogP) is 1.60. The van der Waals surface area contributed by atoms with Crippen LogP contribution in [-0.4, -0.2) is 39.6 Å². The first kappa shape index (κ1) is 13.5. The van der Waals surface area contributed by atoms with Gasteiger partial charge in [-0.25, -0.2) is 4.68 Å². The molecular weight excluding hydrogens is 251 g/mol. The molecule has 0 unspecified atom stereocenters. The van der Waals surface area contributed by atoms with Crippen molar-refractivity contribution < 1.29 is 13.6 Å². The number of aryl methyl sites for hydroxylation is 1. The molecule has 0 bridgehead atoms. The third kappa shape index (κ3) is 3.79. The van der Waals surface area contributed by atoms with Crippen molar-refractivity contribution in [2.45, 2.75) is 20.4 Å². The molecule has 1 rings (SSSR count). The van der Waals surface area contributed by atoms with Gasteiger partial charge >= 0.3 is 7.60 Å². The Labute approximate surface area is 98.7 Å². The lowest BCUT2D eigenvalue weighted by molar-refractivity contribution is 0.218. The van der Waals surface area contributed by atoms with Crippen LogP contribution in [0.25, 0.3) is 0 Å². The van der Waals surface area contributed by atoms with Gasteiger partial charge in [0.05, 0.1) is 25.9 Å².